The molecule has 352 valence electrons. The summed E-state index contributed by atoms with van der Waals surface area (Å²) in [4.78, 5) is 77.8. The van der Waals surface area contributed by atoms with E-state index in [9.17, 15) is 32.4 Å². The van der Waals surface area contributed by atoms with Gasteiger partial charge in [0.2, 0.25) is 33.6 Å². The van der Waals surface area contributed by atoms with Gasteiger partial charge in [-0.3, -0.25) is 23.9 Å². The van der Waals surface area contributed by atoms with Gasteiger partial charge in [0.15, 0.2) is 0 Å². The quantitative estimate of drug-likeness (QED) is 0.197. The first-order chi connectivity index (χ1) is 30.9. The summed E-state index contributed by atoms with van der Waals surface area (Å²) >= 11 is 0. The molecule has 7 atom stereocenters. The highest BCUT2D eigenvalue weighted by Gasteiger charge is 2.63. The van der Waals surface area contributed by atoms with Gasteiger partial charge in [-0.1, -0.05) is 51.1 Å². The van der Waals surface area contributed by atoms with E-state index in [1.54, 1.807) is 6.92 Å². The lowest BCUT2D eigenvalue weighted by atomic mass is 9.85. The zero-order chi connectivity index (χ0) is 46.3. The molecule has 1 aromatic heterocycles. The highest BCUT2D eigenvalue weighted by atomic mass is 32.2. The monoisotopic (exact) mass is 916 g/mol. The summed E-state index contributed by atoms with van der Waals surface area (Å²) in [6.07, 6.45) is 11.3. The van der Waals surface area contributed by atoms with Crippen LogP contribution in [0.3, 0.4) is 0 Å². The Hall–Kier alpha value is -5.19. The number of carbonyl (C=O) groups is 5. The maximum atomic E-state index is 15.0. The molecule has 4 heterocycles. The smallest absolute Gasteiger partial charge is 0.408 e. The fourth-order valence-corrected chi connectivity index (χ4v) is 11.2. The number of benzene rings is 1. The van der Waals surface area contributed by atoms with Crippen molar-refractivity contribution in [3.63, 3.8) is 0 Å². The molecule has 2 aromatic rings. The Bertz CT molecular complexity index is 2360. The maximum absolute atomic E-state index is 15.0. The number of sulfonamides is 1. The minimum Gasteiger partial charge on any atom is -0.492 e. The lowest BCUT2D eigenvalue weighted by Gasteiger charge is -2.35. The Kier molecular flexibility index (Phi) is 13.0. The zero-order valence-corrected chi connectivity index (χ0v) is 38.9. The van der Waals surface area contributed by atoms with Crippen molar-refractivity contribution in [3.8, 4) is 11.6 Å². The van der Waals surface area contributed by atoms with E-state index in [0.29, 0.717) is 68.5 Å². The minimum absolute atomic E-state index is 0.0146. The molecule has 0 spiro atoms. The average Bonchev–Trinajstić information content (AvgIpc) is 3.97. The van der Waals surface area contributed by atoms with Gasteiger partial charge in [-0.2, -0.15) is 0 Å². The van der Waals surface area contributed by atoms with Crippen LogP contribution in [0.2, 0.25) is 0 Å². The number of aromatic nitrogens is 1. The van der Waals surface area contributed by atoms with Crippen molar-refractivity contribution in [1.82, 2.24) is 30.1 Å². The van der Waals surface area contributed by atoms with E-state index in [-0.39, 0.29) is 43.2 Å². The molecule has 16 nitrogen and oxygen atoms in total. The van der Waals surface area contributed by atoms with Gasteiger partial charge in [0.05, 0.1) is 29.0 Å². The zero-order valence-electron chi connectivity index (χ0n) is 38.1. The third-order valence-corrected chi connectivity index (χ3v) is 16.5. The number of ether oxygens (including phenoxy) is 3. The third-order valence-electron chi connectivity index (χ3n) is 14.3. The fraction of sp³-hybridized carbons (Fsp3) is 0.625. The normalized spacial score (nSPS) is 29.6. The molecule has 0 radical (unpaired) electrons. The average molecular weight is 917 g/mol. The van der Waals surface area contributed by atoms with Crippen LogP contribution in [0.15, 0.2) is 49.1 Å². The van der Waals surface area contributed by atoms with Crippen molar-refractivity contribution in [3.05, 3.63) is 54.6 Å². The topological polar surface area (TPSA) is 203 Å². The van der Waals surface area contributed by atoms with E-state index < -0.39 is 73.6 Å². The van der Waals surface area contributed by atoms with Crippen LogP contribution in [-0.4, -0.2) is 114 Å². The number of rotatable bonds is 11. The first-order valence-corrected chi connectivity index (χ1v) is 24.8. The van der Waals surface area contributed by atoms with Gasteiger partial charge >= 0.3 is 6.09 Å². The molecule has 8 rings (SSSR count). The van der Waals surface area contributed by atoms with Crippen molar-refractivity contribution in [2.75, 3.05) is 26.2 Å². The van der Waals surface area contributed by atoms with Gasteiger partial charge in [-0.25, -0.2) is 18.2 Å². The standard InChI is InChI=1S/C48H64N6O10S/c1-6-31-28-48(31,44(58)52-65(60,61)47(5)22-23-47)51-41(56)36-27-32-29-54(36)43(57)40(46(2,3)4)50-45(59)64-37-20-12-16-30(37)15-8-7-9-18-34-39(62-26-14-25-53-24-13-21-38(53)55)33-17-10-11-19-35(33)49-42(34)63-32/h6-7,9-11,17,19,30-32,36-37,40H,1,8,12-16,18,20-29H2,2-5H3,(H,50,59)(H,51,56)(H,52,58)/b9-7+/t30-,31?,32-,36+,37-,40-,48-/m1/s1. The number of fused-ring (bicyclic) bond motifs is 5. The molecular formula is C48H64N6O10S. The van der Waals surface area contributed by atoms with E-state index in [1.807, 2.05) is 49.9 Å². The van der Waals surface area contributed by atoms with Crippen LogP contribution >= 0.6 is 0 Å². The number of amides is 5. The molecule has 3 aliphatic carbocycles. The molecule has 5 fully saturated rings. The SMILES string of the molecule is C=CC1C[C@]1(NC(=O)[C@@H]1C[C@@H]2CN1C(=O)[C@H](C(C)(C)C)NC(=O)O[C@@H]1CCC[C@H]1CC/C=C/Cc1c(nc3ccccc3c1OCCCN1CCCC1=O)O2)C(=O)NS(=O)(=O)C1(C)CC1. The van der Waals surface area contributed by atoms with Crippen LogP contribution in [-0.2, 0) is 40.4 Å². The molecule has 5 amide bonds. The predicted molar refractivity (Wildman–Crippen MR) is 242 cm³/mol. The number of nitrogens with zero attached hydrogens (tertiary/aromatic N) is 3. The van der Waals surface area contributed by atoms with Crippen molar-refractivity contribution < 1.29 is 46.6 Å². The van der Waals surface area contributed by atoms with Gasteiger partial charge in [-0.05, 0) is 101 Å². The van der Waals surface area contributed by atoms with Crippen molar-refractivity contribution in [2.24, 2.45) is 17.3 Å². The lowest BCUT2D eigenvalue weighted by molar-refractivity contribution is -0.143. The van der Waals surface area contributed by atoms with Crippen molar-refractivity contribution >= 4 is 50.6 Å². The Balaban J connectivity index is 1.14. The number of nitrogens with one attached hydrogen (secondary N) is 3. The molecule has 1 unspecified atom stereocenters. The molecule has 2 saturated heterocycles. The molecular weight excluding hydrogens is 853 g/mol. The molecule has 1 aromatic carbocycles. The first-order valence-electron chi connectivity index (χ1n) is 23.4. The summed E-state index contributed by atoms with van der Waals surface area (Å²) in [5.74, 6) is -1.46. The Morgan fingerprint density at radius 3 is 2.57 bits per heavy atom. The molecule has 17 heteroatoms. The molecule has 65 heavy (non-hydrogen) atoms. The summed E-state index contributed by atoms with van der Waals surface area (Å²) in [6, 6.07) is 5.29. The number of likely N-dealkylation sites (tertiary alicyclic amines) is 1. The van der Waals surface area contributed by atoms with E-state index in [1.165, 1.54) is 11.0 Å². The van der Waals surface area contributed by atoms with Crippen LogP contribution in [0.4, 0.5) is 4.79 Å². The largest absolute Gasteiger partial charge is 0.492 e. The van der Waals surface area contributed by atoms with E-state index in [4.69, 9.17) is 19.2 Å². The van der Waals surface area contributed by atoms with Crippen LogP contribution in [0.1, 0.15) is 110 Å². The molecule has 3 aliphatic heterocycles. The van der Waals surface area contributed by atoms with E-state index in [0.717, 1.165) is 44.0 Å². The number of hydrogen-bond acceptors (Lipinski definition) is 11. The van der Waals surface area contributed by atoms with E-state index >= 15 is 0 Å². The Morgan fingerprint density at radius 1 is 1.08 bits per heavy atom. The van der Waals surface area contributed by atoms with Gasteiger partial charge in [-0.15, -0.1) is 6.58 Å². The molecule has 3 saturated carbocycles. The second-order valence-corrected chi connectivity index (χ2v) is 22.3. The number of hydrogen-bond donors (Lipinski definition) is 3. The lowest BCUT2D eigenvalue weighted by Crippen LogP contribution is -2.60. The Morgan fingerprint density at radius 2 is 1.86 bits per heavy atom. The summed E-state index contributed by atoms with van der Waals surface area (Å²) in [5.41, 5.74) is -1.12. The molecule has 2 bridgehead atoms. The second kappa shape index (κ2) is 18.2. The van der Waals surface area contributed by atoms with Gasteiger partial charge < -0.3 is 34.6 Å². The number of para-hydroxylation sites is 1. The van der Waals surface area contributed by atoms with Gasteiger partial charge in [0.25, 0.3) is 5.91 Å². The predicted octanol–water partition coefficient (Wildman–Crippen LogP) is 5.24. The van der Waals surface area contributed by atoms with Crippen LogP contribution in [0.5, 0.6) is 11.6 Å². The van der Waals surface area contributed by atoms with Crippen molar-refractivity contribution in [2.45, 2.75) is 146 Å². The van der Waals surface area contributed by atoms with E-state index in [2.05, 4.69) is 34.1 Å². The number of pyridine rings is 1. The summed E-state index contributed by atoms with van der Waals surface area (Å²) < 4.78 is 47.0. The fourth-order valence-electron chi connectivity index (χ4n) is 9.88. The van der Waals surface area contributed by atoms with Crippen molar-refractivity contribution in [1.29, 1.82) is 0 Å². The minimum atomic E-state index is -4.03. The highest BCUT2D eigenvalue weighted by Crippen LogP contribution is 2.47. The van der Waals surface area contributed by atoms with Gasteiger partial charge in [0.1, 0.15) is 35.6 Å². The maximum Gasteiger partial charge on any atom is 0.408 e. The van der Waals surface area contributed by atoms with Crippen LogP contribution in [0.25, 0.3) is 10.9 Å². The highest BCUT2D eigenvalue weighted by molar-refractivity contribution is 7.91. The number of allylic oxidation sites excluding steroid dienone is 2. The summed E-state index contributed by atoms with van der Waals surface area (Å²) in [7, 11) is -4.03. The first kappa shape index (κ1) is 46.3. The number of carbonyl (C=O) groups excluding carboxylic acids is 5. The van der Waals surface area contributed by atoms with Crippen LogP contribution < -0.4 is 24.8 Å². The summed E-state index contributed by atoms with van der Waals surface area (Å²) in [5, 5.41) is 6.51. The third kappa shape index (κ3) is 9.71. The second-order valence-electron chi connectivity index (χ2n) is 20.1. The number of alkyl carbamates (subject to hydrolysis) is 1. The Labute approximate surface area is 381 Å². The summed E-state index contributed by atoms with van der Waals surface area (Å²) in [6.45, 7) is 12.5. The molecule has 3 N–H and O–H groups in total. The van der Waals surface area contributed by atoms with Gasteiger partial charge in [0, 0.05) is 37.2 Å². The molecule has 6 aliphatic rings. The van der Waals surface area contributed by atoms with Crippen LogP contribution in [0, 0.1) is 17.3 Å².